The van der Waals surface area contributed by atoms with E-state index < -0.39 is 0 Å². The summed E-state index contributed by atoms with van der Waals surface area (Å²) in [7, 11) is 2.80. The SMILES string of the molecule is COC(=O)Cc1cc(C(C)=O)c(C)n1OC. The Labute approximate surface area is 93.9 Å². The van der Waals surface area contributed by atoms with Crippen LogP contribution in [0.25, 0.3) is 0 Å². The van der Waals surface area contributed by atoms with E-state index in [9.17, 15) is 9.59 Å². The third-order valence-electron chi connectivity index (χ3n) is 2.38. The van der Waals surface area contributed by atoms with Crippen LogP contribution in [0.2, 0.25) is 0 Å². The number of nitrogens with zero attached hydrogens (tertiary/aromatic N) is 1. The summed E-state index contributed by atoms with van der Waals surface area (Å²) in [6.45, 7) is 3.24. The van der Waals surface area contributed by atoms with Gasteiger partial charge in [0, 0.05) is 5.56 Å². The average Bonchev–Trinajstić information content (AvgIpc) is 2.55. The minimum Gasteiger partial charge on any atom is -0.469 e. The minimum atomic E-state index is -0.370. The molecule has 5 nitrogen and oxygen atoms in total. The second kappa shape index (κ2) is 4.83. The molecule has 0 fully saturated rings. The van der Waals surface area contributed by atoms with E-state index >= 15 is 0 Å². The first-order valence-corrected chi connectivity index (χ1v) is 4.84. The summed E-state index contributed by atoms with van der Waals surface area (Å²) in [6, 6.07) is 1.65. The molecule has 0 amide bonds. The molecule has 0 spiro atoms. The highest BCUT2D eigenvalue weighted by molar-refractivity contribution is 5.95. The minimum absolute atomic E-state index is 0.0561. The first-order chi connectivity index (χ1) is 7.51. The van der Waals surface area contributed by atoms with Crippen molar-refractivity contribution in [1.29, 1.82) is 0 Å². The number of carbonyl (C=O) groups excluding carboxylic acids is 2. The third-order valence-corrected chi connectivity index (χ3v) is 2.38. The van der Waals surface area contributed by atoms with Crippen molar-refractivity contribution < 1.29 is 19.2 Å². The van der Waals surface area contributed by atoms with Crippen LogP contribution in [0.15, 0.2) is 6.07 Å². The van der Waals surface area contributed by atoms with Crippen LogP contribution in [-0.2, 0) is 16.0 Å². The van der Waals surface area contributed by atoms with Gasteiger partial charge in [0.25, 0.3) is 0 Å². The Morgan fingerprint density at radius 2 is 2.00 bits per heavy atom. The Morgan fingerprint density at radius 1 is 1.38 bits per heavy atom. The first-order valence-electron chi connectivity index (χ1n) is 4.84. The van der Waals surface area contributed by atoms with E-state index in [2.05, 4.69) is 4.74 Å². The largest absolute Gasteiger partial charge is 0.469 e. The number of carbonyl (C=O) groups is 2. The molecule has 0 saturated heterocycles. The van der Waals surface area contributed by atoms with Crippen LogP contribution in [0, 0.1) is 6.92 Å². The highest BCUT2D eigenvalue weighted by Gasteiger charge is 2.17. The third kappa shape index (κ3) is 2.24. The molecule has 88 valence electrons. The number of rotatable bonds is 4. The molecule has 0 aliphatic heterocycles. The Hall–Kier alpha value is -1.78. The summed E-state index contributed by atoms with van der Waals surface area (Å²) in [6.07, 6.45) is 0.0818. The zero-order chi connectivity index (χ0) is 12.3. The van der Waals surface area contributed by atoms with Gasteiger partial charge in [-0.25, -0.2) is 0 Å². The van der Waals surface area contributed by atoms with Gasteiger partial charge in [-0.2, -0.15) is 4.73 Å². The number of ketones is 1. The number of aromatic nitrogens is 1. The number of ether oxygens (including phenoxy) is 1. The summed E-state index contributed by atoms with van der Waals surface area (Å²) in [5, 5.41) is 0. The number of Topliss-reactive ketones (excluding diaryl/α,β-unsaturated/α-hetero) is 1. The lowest BCUT2D eigenvalue weighted by Crippen LogP contribution is -2.15. The van der Waals surface area contributed by atoms with Crippen molar-refractivity contribution in [2.45, 2.75) is 20.3 Å². The van der Waals surface area contributed by atoms with Gasteiger partial charge in [-0.3, -0.25) is 9.59 Å². The van der Waals surface area contributed by atoms with Crippen LogP contribution < -0.4 is 4.84 Å². The van der Waals surface area contributed by atoms with Crippen LogP contribution in [0.3, 0.4) is 0 Å². The predicted octanol–water partition coefficient (Wildman–Crippen LogP) is 0.773. The molecule has 1 aromatic heterocycles. The topological polar surface area (TPSA) is 57.5 Å². The molecule has 0 N–H and O–H groups in total. The lowest BCUT2D eigenvalue weighted by atomic mass is 10.2. The molecule has 0 unspecified atom stereocenters. The highest BCUT2D eigenvalue weighted by Crippen LogP contribution is 2.15. The van der Waals surface area contributed by atoms with Gasteiger partial charge >= 0.3 is 5.97 Å². The summed E-state index contributed by atoms with van der Waals surface area (Å²) < 4.78 is 6.04. The van der Waals surface area contributed by atoms with Gasteiger partial charge < -0.3 is 9.57 Å². The van der Waals surface area contributed by atoms with Crippen LogP contribution in [-0.4, -0.2) is 30.7 Å². The Balaban J connectivity index is 3.13. The fourth-order valence-electron chi connectivity index (χ4n) is 1.61. The van der Waals surface area contributed by atoms with Crippen molar-refractivity contribution in [2.24, 2.45) is 0 Å². The van der Waals surface area contributed by atoms with Crippen molar-refractivity contribution >= 4 is 11.8 Å². The molecule has 1 aromatic rings. The Bertz CT molecular complexity index is 420. The van der Waals surface area contributed by atoms with E-state index in [1.165, 1.54) is 25.9 Å². The zero-order valence-electron chi connectivity index (χ0n) is 9.86. The fourth-order valence-corrected chi connectivity index (χ4v) is 1.61. The Kier molecular flexibility index (Phi) is 3.71. The average molecular weight is 225 g/mol. The molecule has 0 saturated carbocycles. The van der Waals surface area contributed by atoms with E-state index in [0.29, 0.717) is 17.0 Å². The van der Waals surface area contributed by atoms with Crippen molar-refractivity contribution in [2.75, 3.05) is 14.2 Å². The summed E-state index contributed by atoms with van der Waals surface area (Å²) in [5.74, 6) is -0.426. The number of methoxy groups -OCH3 is 1. The van der Waals surface area contributed by atoms with Gasteiger partial charge in [-0.1, -0.05) is 0 Å². The fraction of sp³-hybridized carbons (Fsp3) is 0.455. The van der Waals surface area contributed by atoms with Crippen molar-refractivity contribution in [3.63, 3.8) is 0 Å². The highest BCUT2D eigenvalue weighted by atomic mass is 16.6. The van der Waals surface area contributed by atoms with E-state index in [0.717, 1.165) is 0 Å². The van der Waals surface area contributed by atoms with Crippen molar-refractivity contribution in [1.82, 2.24) is 4.73 Å². The van der Waals surface area contributed by atoms with Gasteiger partial charge in [0.15, 0.2) is 5.78 Å². The Morgan fingerprint density at radius 3 is 2.44 bits per heavy atom. The molecule has 1 rings (SSSR count). The van der Waals surface area contributed by atoms with Crippen LogP contribution in [0.1, 0.15) is 28.7 Å². The van der Waals surface area contributed by atoms with Crippen LogP contribution >= 0.6 is 0 Å². The molecule has 0 aromatic carbocycles. The maximum atomic E-state index is 11.3. The normalized spacial score (nSPS) is 10.0. The monoisotopic (exact) mass is 225 g/mol. The maximum absolute atomic E-state index is 11.3. The molecule has 0 aliphatic carbocycles. The lowest BCUT2D eigenvalue weighted by molar-refractivity contribution is -0.140. The van der Waals surface area contributed by atoms with Gasteiger partial charge in [-0.15, -0.1) is 0 Å². The molecular formula is C11H15NO4. The molecule has 0 atom stereocenters. The zero-order valence-corrected chi connectivity index (χ0v) is 9.86. The van der Waals surface area contributed by atoms with Gasteiger partial charge in [0.1, 0.15) is 7.11 Å². The second-order valence-corrected chi connectivity index (χ2v) is 3.42. The predicted molar refractivity (Wildman–Crippen MR) is 57.4 cm³/mol. The first kappa shape index (κ1) is 12.3. The molecule has 5 heteroatoms. The number of hydrogen-bond donors (Lipinski definition) is 0. The summed E-state index contributed by atoms with van der Waals surface area (Å²) in [5.41, 5.74) is 1.85. The molecule has 0 radical (unpaired) electrons. The number of esters is 1. The van der Waals surface area contributed by atoms with Gasteiger partial charge in [0.2, 0.25) is 0 Å². The van der Waals surface area contributed by atoms with E-state index in [1.807, 2.05) is 0 Å². The molecule has 1 heterocycles. The van der Waals surface area contributed by atoms with E-state index in [4.69, 9.17) is 4.84 Å². The van der Waals surface area contributed by atoms with Crippen LogP contribution in [0.5, 0.6) is 0 Å². The maximum Gasteiger partial charge on any atom is 0.311 e. The van der Waals surface area contributed by atoms with Crippen molar-refractivity contribution in [3.05, 3.63) is 23.0 Å². The smallest absolute Gasteiger partial charge is 0.311 e. The van der Waals surface area contributed by atoms with Crippen LogP contribution in [0.4, 0.5) is 0 Å². The molecule has 0 bridgehead atoms. The summed E-state index contributed by atoms with van der Waals surface area (Å²) >= 11 is 0. The van der Waals surface area contributed by atoms with Gasteiger partial charge in [-0.05, 0) is 19.9 Å². The van der Waals surface area contributed by atoms with E-state index in [-0.39, 0.29) is 18.2 Å². The second-order valence-electron chi connectivity index (χ2n) is 3.42. The standard InChI is InChI=1S/C11H15NO4/c1-7-10(8(2)13)5-9(12(7)16-4)6-11(14)15-3/h5H,6H2,1-4H3. The summed E-state index contributed by atoms with van der Waals surface area (Å²) in [4.78, 5) is 27.6. The number of hydrogen-bond acceptors (Lipinski definition) is 4. The quantitative estimate of drug-likeness (QED) is 0.561. The van der Waals surface area contributed by atoms with Gasteiger partial charge in [0.05, 0.1) is 24.9 Å². The molecule has 16 heavy (non-hydrogen) atoms. The van der Waals surface area contributed by atoms with E-state index in [1.54, 1.807) is 13.0 Å². The molecule has 0 aliphatic rings. The lowest BCUT2D eigenvalue weighted by Gasteiger charge is -2.08. The molecular weight excluding hydrogens is 210 g/mol. The van der Waals surface area contributed by atoms with Crippen molar-refractivity contribution in [3.8, 4) is 0 Å².